The smallest absolute Gasteiger partial charge is 0.191 e. The van der Waals surface area contributed by atoms with Gasteiger partial charge in [-0.25, -0.2) is 4.21 Å². The van der Waals surface area contributed by atoms with Gasteiger partial charge in [-0.05, 0) is 25.3 Å². The highest BCUT2D eigenvalue weighted by molar-refractivity contribution is 8.29. The molecule has 94 valence electrons. The average molecular weight is 267 g/mol. The zero-order valence-corrected chi connectivity index (χ0v) is 10.4. The van der Waals surface area contributed by atoms with Gasteiger partial charge in [0.2, 0.25) is 0 Å². The molecular formula is C9H17NO4S2. The van der Waals surface area contributed by atoms with Crippen LogP contribution < -0.4 is 0 Å². The van der Waals surface area contributed by atoms with Crippen LogP contribution in [0, 0.1) is 0 Å². The SMILES string of the molecule is O.O=S(O)(=S)CCCCCc1cc[nH]c1O. The van der Waals surface area contributed by atoms with Crippen molar-refractivity contribution >= 4 is 20.0 Å². The second-order valence-corrected chi connectivity index (χ2v) is 6.58. The van der Waals surface area contributed by atoms with E-state index in [2.05, 4.69) is 16.2 Å². The predicted octanol–water partition coefficient (Wildman–Crippen LogP) is 0.828. The molecule has 5 nitrogen and oxygen atoms in total. The molecule has 0 saturated carbocycles. The molecule has 0 aliphatic heterocycles. The molecule has 0 spiro atoms. The van der Waals surface area contributed by atoms with Crippen LogP contribution in [-0.2, 0) is 26.4 Å². The molecule has 0 bridgehead atoms. The Morgan fingerprint density at radius 2 is 2.06 bits per heavy atom. The maximum absolute atomic E-state index is 10.8. The summed E-state index contributed by atoms with van der Waals surface area (Å²) in [6.45, 7) is 0. The largest absolute Gasteiger partial charge is 0.494 e. The van der Waals surface area contributed by atoms with Crippen molar-refractivity contribution in [2.24, 2.45) is 0 Å². The van der Waals surface area contributed by atoms with E-state index in [1.165, 1.54) is 0 Å². The minimum absolute atomic E-state index is 0. The van der Waals surface area contributed by atoms with Crippen LogP contribution in [-0.4, -0.2) is 30.1 Å². The summed E-state index contributed by atoms with van der Waals surface area (Å²) in [6, 6.07) is 1.83. The summed E-state index contributed by atoms with van der Waals surface area (Å²) < 4.78 is 19.6. The van der Waals surface area contributed by atoms with Crippen LogP contribution in [0.3, 0.4) is 0 Å². The van der Waals surface area contributed by atoms with Crippen LogP contribution >= 0.6 is 0 Å². The van der Waals surface area contributed by atoms with Crippen LogP contribution in [0.2, 0.25) is 0 Å². The van der Waals surface area contributed by atoms with Gasteiger partial charge < -0.3 is 20.1 Å². The molecule has 0 radical (unpaired) electrons. The van der Waals surface area contributed by atoms with E-state index in [-0.39, 0.29) is 17.1 Å². The van der Waals surface area contributed by atoms with E-state index in [4.69, 9.17) is 4.55 Å². The van der Waals surface area contributed by atoms with Gasteiger partial charge >= 0.3 is 0 Å². The average Bonchev–Trinajstić information content (AvgIpc) is 2.49. The number of hydrogen-bond donors (Lipinski definition) is 3. The van der Waals surface area contributed by atoms with Crippen molar-refractivity contribution in [2.45, 2.75) is 25.7 Å². The number of aromatic amines is 1. The zero-order chi connectivity index (χ0) is 11.3. The quantitative estimate of drug-likeness (QED) is 0.664. The van der Waals surface area contributed by atoms with E-state index >= 15 is 0 Å². The number of hydrogen-bond acceptors (Lipinski definition) is 3. The first-order valence-corrected chi connectivity index (χ1v) is 7.40. The Morgan fingerprint density at radius 1 is 1.38 bits per heavy atom. The van der Waals surface area contributed by atoms with Gasteiger partial charge in [-0.1, -0.05) is 6.42 Å². The fraction of sp³-hybridized carbons (Fsp3) is 0.556. The summed E-state index contributed by atoms with van der Waals surface area (Å²) in [4.78, 5) is 2.69. The maximum Gasteiger partial charge on any atom is 0.191 e. The number of H-pyrrole nitrogens is 1. The molecule has 5 N–H and O–H groups in total. The number of aromatic nitrogens is 1. The molecular weight excluding hydrogens is 250 g/mol. The van der Waals surface area contributed by atoms with Crippen LogP contribution in [0.1, 0.15) is 24.8 Å². The van der Waals surface area contributed by atoms with Crippen LogP contribution in [0.5, 0.6) is 5.88 Å². The Bertz CT molecular complexity index is 399. The summed E-state index contributed by atoms with van der Waals surface area (Å²) in [5, 5.41) is 9.28. The molecule has 16 heavy (non-hydrogen) atoms. The Kier molecular flexibility index (Phi) is 6.58. The molecule has 1 aromatic rings. The van der Waals surface area contributed by atoms with Gasteiger partial charge in [-0.2, -0.15) is 0 Å². The lowest BCUT2D eigenvalue weighted by Crippen LogP contribution is -2.01. The first-order chi connectivity index (χ1) is 6.99. The fourth-order valence-electron chi connectivity index (χ4n) is 1.37. The summed E-state index contributed by atoms with van der Waals surface area (Å²) in [5.74, 6) is 0.394. The van der Waals surface area contributed by atoms with E-state index in [1.54, 1.807) is 6.20 Å². The first kappa shape index (κ1) is 15.4. The third-order valence-electron chi connectivity index (χ3n) is 2.16. The van der Waals surface area contributed by atoms with Crippen molar-refractivity contribution in [2.75, 3.05) is 5.75 Å². The van der Waals surface area contributed by atoms with Gasteiger partial charge in [0, 0.05) is 28.7 Å². The van der Waals surface area contributed by atoms with Gasteiger partial charge in [-0.3, -0.25) is 0 Å². The highest BCUT2D eigenvalue weighted by atomic mass is 32.8. The molecule has 0 saturated heterocycles. The van der Waals surface area contributed by atoms with Crippen molar-refractivity contribution < 1.29 is 19.3 Å². The summed E-state index contributed by atoms with van der Waals surface area (Å²) in [7, 11) is -2.99. The molecule has 0 aromatic carbocycles. The van der Waals surface area contributed by atoms with Crippen molar-refractivity contribution in [1.29, 1.82) is 0 Å². The Balaban J connectivity index is 0.00000225. The van der Waals surface area contributed by atoms with Gasteiger partial charge in [0.05, 0.1) is 0 Å². The monoisotopic (exact) mass is 267 g/mol. The molecule has 0 amide bonds. The number of aryl methyl sites for hydroxylation is 1. The van der Waals surface area contributed by atoms with Crippen LogP contribution in [0.15, 0.2) is 12.3 Å². The molecule has 0 aliphatic carbocycles. The normalized spacial score (nSPS) is 14.1. The minimum atomic E-state index is -2.99. The molecule has 0 fully saturated rings. The van der Waals surface area contributed by atoms with Crippen molar-refractivity contribution in [3.63, 3.8) is 0 Å². The lowest BCUT2D eigenvalue weighted by molar-refractivity contribution is 0.449. The maximum atomic E-state index is 10.8. The number of aromatic hydroxyl groups is 1. The van der Waals surface area contributed by atoms with Gasteiger partial charge in [0.25, 0.3) is 0 Å². The Morgan fingerprint density at radius 3 is 2.56 bits per heavy atom. The van der Waals surface area contributed by atoms with E-state index < -0.39 is 8.77 Å². The molecule has 0 aliphatic rings. The Labute approximate surface area is 99.7 Å². The van der Waals surface area contributed by atoms with Crippen LogP contribution in [0.25, 0.3) is 0 Å². The van der Waals surface area contributed by atoms with Gasteiger partial charge in [0.1, 0.15) is 8.77 Å². The lowest BCUT2D eigenvalue weighted by Gasteiger charge is -2.00. The summed E-state index contributed by atoms with van der Waals surface area (Å²) >= 11 is 4.37. The van der Waals surface area contributed by atoms with Gasteiger partial charge in [0.15, 0.2) is 5.88 Å². The number of unbranched alkanes of at least 4 members (excludes halogenated alkanes) is 2. The number of rotatable bonds is 6. The van der Waals surface area contributed by atoms with Gasteiger partial charge in [-0.15, -0.1) is 0 Å². The molecule has 1 unspecified atom stereocenters. The van der Waals surface area contributed by atoms with E-state index in [0.717, 1.165) is 24.8 Å². The standard InChI is InChI=1S/C9H15NO3S2.H2O/c11-9-8(5-6-10-9)4-2-1-3-7-15(12,13)14;/h5-6,10-11H,1-4,7H2,(H,12,13,14);1H2. The fourth-order valence-corrected chi connectivity index (χ4v) is 2.29. The third kappa shape index (κ3) is 6.06. The zero-order valence-electron chi connectivity index (χ0n) is 8.81. The van der Waals surface area contributed by atoms with E-state index in [1.807, 2.05) is 6.07 Å². The van der Waals surface area contributed by atoms with Crippen molar-refractivity contribution in [3.8, 4) is 5.88 Å². The number of nitrogens with one attached hydrogen (secondary N) is 1. The van der Waals surface area contributed by atoms with Crippen molar-refractivity contribution in [3.05, 3.63) is 17.8 Å². The molecule has 1 aromatic heterocycles. The molecule has 7 heteroatoms. The second-order valence-electron chi connectivity index (χ2n) is 3.45. The highest BCUT2D eigenvalue weighted by Gasteiger charge is 2.02. The summed E-state index contributed by atoms with van der Waals surface area (Å²) in [5.41, 5.74) is 0.887. The first-order valence-electron chi connectivity index (χ1n) is 4.79. The van der Waals surface area contributed by atoms with Crippen molar-refractivity contribution in [1.82, 2.24) is 4.98 Å². The topological polar surface area (TPSA) is 105 Å². The molecule has 1 heterocycles. The molecule has 1 atom stereocenters. The third-order valence-corrected chi connectivity index (χ3v) is 3.46. The molecule has 1 rings (SSSR count). The van der Waals surface area contributed by atoms with Crippen LogP contribution in [0.4, 0.5) is 0 Å². The second kappa shape index (κ2) is 6.85. The summed E-state index contributed by atoms with van der Waals surface area (Å²) in [6.07, 6.45) is 4.85. The minimum Gasteiger partial charge on any atom is -0.494 e. The van der Waals surface area contributed by atoms with E-state index in [0.29, 0.717) is 6.42 Å². The lowest BCUT2D eigenvalue weighted by atomic mass is 10.1. The Hall–Kier alpha value is -0.630. The highest BCUT2D eigenvalue weighted by Crippen LogP contribution is 2.16. The predicted molar refractivity (Wildman–Crippen MR) is 66.6 cm³/mol. The van der Waals surface area contributed by atoms with E-state index in [9.17, 15) is 9.32 Å².